The lowest BCUT2D eigenvalue weighted by molar-refractivity contribution is -0.129. The molecule has 1 aromatic carbocycles. The lowest BCUT2D eigenvalue weighted by atomic mass is 10.1. The van der Waals surface area contributed by atoms with Crippen LogP contribution in [-0.2, 0) is 29.1 Å². The molecular formula is C30H42ClNO3S. The van der Waals surface area contributed by atoms with E-state index in [0.29, 0.717) is 13.1 Å². The molecule has 0 amide bonds. The third kappa shape index (κ3) is 14.9. The molecule has 0 atom stereocenters. The van der Waals surface area contributed by atoms with E-state index in [-0.39, 0.29) is 0 Å². The molecule has 0 fully saturated rings. The van der Waals surface area contributed by atoms with Crippen LogP contribution in [0.2, 0.25) is 0 Å². The Bertz CT molecular complexity index is 905. The molecule has 0 spiro atoms. The summed E-state index contributed by atoms with van der Waals surface area (Å²) in [4.78, 5) is 14.0. The van der Waals surface area contributed by atoms with Crippen molar-refractivity contribution < 1.29 is 14.3 Å². The lowest BCUT2D eigenvalue weighted by Crippen LogP contribution is -2.25. The molecule has 1 aliphatic heterocycles. The average molecular weight is 532 g/mol. The van der Waals surface area contributed by atoms with Crippen LogP contribution in [0.15, 0.2) is 71.6 Å². The van der Waals surface area contributed by atoms with Gasteiger partial charge < -0.3 is 14.4 Å². The second kappa shape index (κ2) is 20.8. The Balaban J connectivity index is 0.000000275. The van der Waals surface area contributed by atoms with Crippen LogP contribution in [0.5, 0.6) is 5.75 Å². The van der Waals surface area contributed by atoms with Crippen molar-refractivity contribution in [1.29, 1.82) is 0 Å². The second-order valence-electron chi connectivity index (χ2n) is 8.45. The second-order valence-corrected chi connectivity index (χ2v) is 9.94. The Hall–Kier alpha value is -2.34. The zero-order chi connectivity index (χ0) is 26.4. The van der Waals surface area contributed by atoms with Crippen molar-refractivity contribution in [2.24, 2.45) is 0 Å². The predicted molar refractivity (Wildman–Crippen MR) is 155 cm³/mol. The van der Waals surface area contributed by atoms with Crippen molar-refractivity contribution in [1.82, 2.24) is 4.90 Å². The van der Waals surface area contributed by atoms with Crippen LogP contribution in [-0.4, -0.2) is 31.6 Å². The maximum Gasteiger partial charge on any atom is 0.293 e. The molecule has 1 aliphatic carbocycles. The van der Waals surface area contributed by atoms with Gasteiger partial charge in [0.25, 0.3) is 6.47 Å². The van der Waals surface area contributed by atoms with Gasteiger partial charge >= 0.3 is 0 Å². The molecule has 0 saturated carbocycles. The first-order valence-electron chi connectivity index (χ1n) is 12.6. The van der Waals surface area contributed by atoms with Crippen molar-refractivity contribution in [3.63, 3.8) is 0 Å². The molecule has 1 aromatic heterocycles. The van der Waals surface area contributed by atoms with Gasteiger partial charge in [0.15, 0.2) is 0 Å². The summed E-state index contributed by atoms with van der Waals surface area (Å²) in [6.45, 7) is 11.3. The zero-order valence-electron chi connectivity index (χ0n) is 22.1. The zero-order valence-corrected chi connectivity index (χ0v) is 23.7. The monoisotopic (exact) mass is 531 g/mol. The van der Waals surface area contributed by atoms with Crippen LogP contribution in [0.1, 0.15) is 62.0 Å². The van der Waals surface area contributed by atoms with Crippen LogP contribution in [0.25, 0.3) is 0 Å². The number of nitrogens with zero attached hydrogens (tertiary/aromatic N) is 1. The van der Waals surface area contributed by atoms with E-state index in [2.05, 4.69) is 47.7 Å². The number of fused-ring (bicyclic) bond motifs is 1. The minimum absolute atomic E-state index is 0.319. The molecule has 198 valence electrons. The highest BCUT2D eigenvalue weighted by Gasteiger charge is 2.12. The summed E-state index contributed by atoms with van der Waals surface area (Å²) in [7, 11) is 2.18. The number of hydrogen-bond donors (Lipinski definition) is 0. The van der Waals surface area contributed by atoms with Gasteiger partial charge in [-0.15, -0.1) is 17.9 Å². The third-order valence-electron chi connectivity index (χ3n) is 5.22. The van der Waals surface area contributed by atoms with Gasteiger partial charge in [-0.3, -0.25) is 4.79 Å². The Kier molecular flexibility index (Phi) is 18.3. The van der Waals surface area contributed by atoms with E-state index in [4.69, 9.17) is 16.3 Å². The van der Waals surface area contributed by atoms with E-state index < -0.39 is 0 Å². The highest BCUT2D eigenvalue weighted by Crippen LogP contribution is 2.22. The van der Waals surface area contributed by atoms with E-state index in [1.54, 1.807) is 16.5 Å². The van der Waals surface area contributed by atoms with Gasteiger partial charge in [0.1, 0.15) is 12.4 Å². The number of thiophene rings is 1. The highest BCUT2D eigenvalue weighted by atomic mass is 35.5. The van der Waals surface area contributed by atoms with Crippen molar-refractivity contribution >= 4 is 29.4 Å². The molecule has 0 saturated heterocycles. The highest BCUT2D eigenvalue weighted by molar-refractivity contribution is 7.10. The van der Waals surface area contributed by atoms with Crippen LogP contribution in [0.4, 0.5) is 0 Å². The number of benzene rings is 1. The first-order valence-corrected chi connectivity index (χ1v) is 13.9. The van der Waals surface area contributed by atoms with Crippen LogP contribution in [0.3, 0.4) is 0 Å². The van der Waals surface area contributed by atoms with Crippen LogP contribution in [0, 0.1) is 0 Å². The van der Waals surface area contributed by atoms with Gasteiger partial charge in [0.05, 0.1) is 6.61 Å². The summed E-state index contributed by atoms with van der Waals surface area (Å²) >= 11 is 7.53. The average Bonchev–Trinajstić information content (AvgIpc) is 3.36. The number of rotatable bonds is 8. The van der Waals surface area contributed by atoms with E-state index >= 15 is 0 Å². The largest absolute Gasteiger partial charge is 0.494 e. The molecule has 0 radical (unpaired) electrons. The lowest BCUT2D eigenvalue weighted by Gasteiger charge is -2.21. The van der Waals surface area contributed by atoms with Gasteiger partial charge in [-0.25, -0.2) is 0 Å². The van der Waals surface area contributed by atoms with Crippen molar-refractivity contribution in [2.45, 2.75) is 65.5 Å². The summed E-state index contributed by atoms with van der Waals surface area (Å²) in [5, 5.41) is 3.17. The number of hydrogen-bond acceptors (Lipinski definition) is 5. The molecule has 4 rings (SSSR count). The molecule has 2 aromatic rings. The van der Waals surface area contributed by atoms with Gasteiger partial charge in [0.2, 0.25) is 0 Å². The molecule has 6 heteroatoms. The molecule has 0 unspecified atom stereocenters. The SMILES string of the molecule is C=CC.CCCCCOc1ccc(COC=O)cc1.CN1CCc2sccc2C1.ClC1=CC=CCC1. The number of likely N-dealkylation sites (N-methyl/N-ethyl adjacent to an activating group) is 1. The summed E-state index contributed by atoms with van der Waals surface area (Å²) in [6, 6.07) is 9.85. The molecule has 0 N–H and O–H groups in total. The first-order chi connectivity index (χ1) is 17.5. The quantitative estimate of drug-likeness (QED) is 0.195. The summed E-state index contributed by atoms with van der Waals surface area (Å²) < 4.78 is 10.2. The smallest absolute Gasteiger partial charge is 0.293 e. The number of halogens is 1. The Morgan fingerprint density at radius 1 is 1.17 bits per heavy atom. The molecule has 2 aliphatic rings. The van der Waals surface area contributed by atoms with E-state index in [0.717, 1.165) is 48.8 Å². The topological polar surface area (TPSA) is 38.8 Å². The maximum atomic E-state index is 10.0. The maximum absolute atomic E-state index is 10.0. The number of ether oxygens (including phenoxy) is 2. The molecule has 2 heterocycles. The van der Waals surface area contributed by atoms with Gasteiger partial charge in [0, 0.05) is 23.0 Å². The fourth-order valence-electron chi connectivity index (χ4n) is 3.32. The first kappa shape index (κ1) is 31.7. The predicted octanol–water partition coefficient (Wildman–Crippen LogP) is 8.32. The fourth-order valence-corrected chi connectivity index (χ4v) is 4.39. The van der Waals surface area contributed by atoms with Crippen molar-refractivity contribution in [2.75, 3.05) is 20.2 Å². The molecule has 4 nitrogen and oxygen atoms in total. The normalized spacial score (nSPS) is 13.7. The van der Waals surface area contributed by atoms with Gasteiger partial charge in [-0.2, -0.15) is 0 Å². The Morgan fingerprint density at radius 2 is 1.92 bits per heavy atom. The Labute approximate surface area is 227 Å². The fraction of sp³-hybridized carbons (Fsp3) is 0.433. The van der Waals surface area contributed by atoms with Gasteiger partial charge in [-0.1, -0.05) is 61.7 Å². The number of carbonyl (C=O) groups excluding carboxylic acids is 1. The van der Waals surface area contributed by atoms with E-state index in [1.807, 2.05) is 54.7 Å². The van der Waals surface area contributed by atoms with Crippen LogP contribution >= 0.6 is 22.9 Å². The summed E-state index contributed by atoms with van der Waals surface area (Å²) in [6.07, 6.45) is 14.7. The Morgan fingerprint density at radius 3 is 2.50 bits per heavy atom. The number of unbranched alkanes of at least 4 members (excludes halogenated alkanes) is 2. The standard InChI is InChI=1S/C13H18O3.C8H11NS.C6H7Cl.C3H6/c1-2-3-4-9-16-13-7-5-12(6-8-13)10-15-11-14;1-9-4-2-8-7(6-9)3-5-10-8;7-6-4-2-1-3-5-6;1-3-2/h5-8,11H,2-4,9-10H2,1H3;3,5H,2,4,6H2,1H3;1-2,4H,3,5H2;3H,1H2,2H3. The molecular weight excluding hydrogens is 490 g/mol. The van der Waals surface area contributed by atoms with E-state index in [1.165, 1.54) is 25.8 Å². The number of allylic oxidation sites excluding steroid dienone is 5. The minimum Gasteiger partial charge on any atom is -0.494 e. The van der Waals surface area contributed by atoms with Gasteiger partial charge in [-0.05, 0) is 80.4 Å². The van der Waals surface area contributed by atoms with Crippen molar-refractivity contribution in [3.8, 4) is 5.75 Å². The number of carbonyl (C=O) groups is 1. The minimum atomic E-state index is 0.319. The van der Waals surface area contributed by atoms with Crippen molar-refractivity contribution in [3.05, 3.63) is 87.6 Å². The summed E-state index contributed by atoms with van der Waals surface area (Å²) in [5.74, 6) is 0.867. The molecule has 36 heavy (non-hydrogen) atoms. The summed E-state index contributed by atoms with van der Waals surface area (Å²) in [5.41, 5.74) is 2.51. The third-order valence-corrected chi connectivity index (χ3v) is 6.56. The molecule has 0 bridgehead atoms. The van der Waals surface area contributed by atoms with Crippen LogP contribution < -0.4 is 4.74 Å². The van der Waals surface area contributed by atoms with E-state index in [9.17, 15) is 4.79 Å².